The molecular formula is C32H30FN3O5. The molecule has 210 valence electrons. The molecule has 5 rings (SSSR count). The minimum absolute atomic E-state index is 0.0116. The van der Waals surface area contributed by atoms with Gasteiger partial charge in [-0.2, -0.15) is 0 Å². The summed E-state index contributed by atoms with van der Waals surface area (Å²) in [6.45, 7) is -0.407. The number of halogens is 1. The Hall–Kier alpha value is -4.79. The third-order valence-electron chi connectivity index (χ3n) is 7.48. The fraction of sp³-hybridized carbons (Fsp3) is 0.250. The quantitative estimate of drug-likeness (QED) is 0.304. The maximum atomic E-state index is 14.1. The Morgan fingerprint density at radius 3 is 2.44 bits per heavy atom. The number of rotatable bonds is 9. The number of amides is 3. The number of hydrogen-bond donors (Lipinski definition) is 1. The second kappa shape index (κ2) is 12.2. The fourth-order valence-corrected chi connectivity index (χ4v) is 5.36. The summed E-state index contributed by atoms with van der Waals surface area (Å²) in [5.41, 5.74) is 1.76. The first kappa shape index (κ1) is 27.8. The molecule has 3 amide bonds. The Morgan fingerprint density at radius 1 is 1.02 bits per heavy atom. The molecule has 1 N–H and O–H groups in total. The van der Waals surface area contributed by atoms with Crippen molar-refractivity contribution in [2.24, 2.45) is 5.92 Å². The number of anilines is 2. The number of carbonyl (C=O) groups excluding carboxylic acids is 4. The zero-order valence-corrected chi connectivity index (χ0v) is 22.6. The molecular weight excluding hydrogens is 525 g/mol. The summed E-state index contributed by atoms with van der Waals surface area (Å²) in [6.07, 6.45) is 6.06. The summed E-state index contributed by atoms with van der Waals surface area (Å²) in [5.74, 6) is -2.34. The van der Waals surface area contributed by atoms with E-state index in [2.05, 4.69) is 5.32 Å². The molecule has 1 heterocycles. The molecule has 0 saturated carbocycles. The zero-order valence-electron chi connectivity index (χ0n) is 22.6. The van der Waals surface area contributed by atoms with Crippen LogP contribution in [0.2, 0.25) is 0 Å². The minimum atomic E-state index is -0.900. The SMILES string of the molecule is COc1ccc(NC(=O)C(C2CC=CCC2)N(Cc2ccc(F)cc2)C(=O)CN2C(=O)C(=O)c3ccccc32)cc1. The van der Waals surface area contributed by atoms with E-state index in [0.717, 1.165) is 11.3 Å². The van der Waals surface area contributed by atoms with Crippen LogP contribution >= 0.6 is 0 Å². The fourth-order valence-electron chi connectivity index (χ4n) is 5.36. The number of fused-ring (bicyclic) bond motifs is 1. The Kier molecular flexibility index (Phi) is 8.24. The smallest absolute Gasteiger partial charge is 0.299 e. The molecule has 1 aliphatic carbocycles. The lowest BCUT2D eigenvalue weighted by Gasteiger charge is -2.37. The standard InChI is InChI=1S/C32H30FN3O5/c1-41-25-17-15-24(16-18-25)34-31(39)29(22-7-3-2-4-8-22)36(19-21-11-13-23(33)14-12-21)28(37)20-35-27-10-6-5-9-26(27)30(38)32(35)40/h2-3,5-6,9-18,22,29H,4,7-8,19-20H2,1H3,(H,34,39). The number of Topliss-reactive ketones (excluding diaryl/α,β-unsaturated/α-hetero) is 1. The van der Waals surface area contributed by atoms with Gasteiger partial charge in [0.2, 0.25) is 11.8 Å². The van der Waals surface area contributed by atoms with Crippen molar-refractivity contribution in [3.05, 3.63) is 102 Å². The van der Waals surface area contributed by atoms with Gasteiger partial charge in [0.05, 0.1) is 18.4 Å². The van der Waals surface area contributed by atoms with Gasteiger partial charge in [0.25, 0.3) is 11.7 Å². The average Bonchev–Trinajstić information content (AvgIpc) is 3.23. The summed E-state index contributed by atoms with van der Waals surface area (Å²) in [5, 5.41) is 2.94. The number of ether oxygens (including phenoxy) is 1. The maximum Gasteiger partial charge on any atom is 0.299 e. The van der Waals surface area contributed by atoms with Crippen molar-refractivity contribution in [2.45, 2.75) is 31.8 Å². The summed E-state index contributed by atoms with van der Waals surface area (Å²) < 4.78 is 18.9. The first-order valence-electron chi connectivity index (χ1n) is 13.4. The van der Waals surface area contributed by atoms with Gasteiger partial charge in [-0.1, -0.05) is 36.4 Å². The van der Waals surface area contributed by atoms with Gasteiger partial charge in [0.15, 0.2) is 0 Å². The number of nitrogens with zero attached hydrogens (tertiary/aromatic N) is 2. The van der Waals surface area contributed by atoms with E-state index >= 15 is 0 Å². The molecule has 3 aromatic rings. The highest BCUT2D eigenvalue weighted by atomic mass is 19.1. The van der Waals surface area contributed by atoms with Gasteiger partial charge < -0.3 is 15.0 Å². The van der Waals surface area contributed by atoms with Crippen molar-refractivity contribution in [3.8, 4) is 5.75 Å². The number of hydrogen-bond acceptors (Lipinski definition) is 5. The Bertz CT molecular complexity index is 1490. The molecule has 0 saturated heterocycles. The number of benzene rings is 3. The minimum Gasteiger partial charge on any atom is -0.497 e. The monoisotopic (exact) mass is 555 g/mol. The van der Waals surface area contributed by atoms with Crippen LogP contribution in [0.25, 0.3) is 0 Å². The number of allylic oxidation sites excluding steroid dienone is 2. The molecule has 2 unspecified atom stereocenters. The zero-order chi connectivity index (χ0) is 28.9. The number of methoxy groups -OCH3 is 1. The Morgan fingerprint density at radius 2 is 1.76 bits per heavy atom. The lowest BCUT2D eigenvalue weighted by molar-refractivity contribution is -0.140. The van der Waals surface area contributed by atoms with Crippen LogP contribution in [0.15, 0.2) is 84.9 Å². The Labute approximate surface area is 237 Å². The molecule has 2 aliphatic rings. The van der Waals surface area contributed by atoms with E-state index in [4.69, 9.17) is 4.74 Å². The molecule has 41 heavy (non-hydrogen) atoms. The molecule has 0 radical (unpaired) electrons. The Balaban J connectivity index is 1.49. The van der Waals surface area contributed by atoms with Crippen LogP contribution in [0.3, 0.4) is 0 Å². The molecule has 0 spiro atoms. The second-order valence-electron chi connectivity index (χ2n) is 10.1. The van der Waals surface area contributed by atoms with Gasteiger partial charge >= 0.3 is 0 Å². The summed E-state index contributed by atoms with van der Waals surface area (Å²) in [4.78, 5) is 56.1. The molecule has 9 heteroatoms. The number of carbonyl (C=O) groups is 4. The lowest BCUT2D eigenvalue weighted by Crippen LogP contribution is -2.54. The number of ketones is 1. The molecule has 2 atom stereocenters. The normalized spacial score (nSPS) is 16.7. The van der Waals surface area contributed by atoms with E-state index < -0.39 is 36.0 Å². The molecule has 0 bridgehead atoms. The van der Waals surface area contributed by atoms with E-state index in [1.807, 2.05) is 12.2 Å². The summed E-state index contributed by atoms with van der Waals surface area (Å²) >= 11 is 0. The van der Waals surface area contributed by atoms with Crippen molar-refractivity contribution in [1.29, 1.82) is 0 Å². The van der Waals surface area contributed by atoms with Crippen LogP contribution in [0.1, 0.15) is 35.2 Å². The second-order valence-corrected chi connectivity index (χ2v) is 10.1. The number of para-hydroxylation sites is 1. The molecule has 8 nitrogen and oxygen atoms in total. The van der Waals surface area contributed by atoms with Crippen molar-refractivity contribution in [1.82, 2.24) is 4.90 Å². The molecule has 3 aromatic carbocycles. The van der Waals surface area contributed by atoms with Crippen molar-refractivity contribution < 1.29 is 28.3 Å². The highest BCUT2D eigenvalue weighted by molar-refractivity contribution is 6.52. The predicted molar refractivity (Wildman–Crippen MR) is 152 cm³/mol. The topological polar surface area (TPSA) is 96.0 Å². The summed E-state index contributed by atoms with van der Waals surface area (Å²) in [6, 6.07) is 18.2. The van der Waals surface area contributed by atoms with Crippen LogP contribution in [0.5, 0.6) is 5.75 Å². The van der Waals surface area contributed by atoms with Gasteiger partial charge in [-0.3, -0.25) is 24.1 Å². The van der Waals surface area contributed by atoms with Gasteiger partial charge in [-0.25, -0.2) is 4.39 Å². The molecule has 0 aromatic heterocycles. The first-order valence-corrected chi connectivity index (χ1v) is 13.4. The van der Waals surface area contributed by atoms with E-state index in [0.29, 0.717) is 35.5 Å². The van der Waals surface area contributed by atoms with Gasteiger partial charge in [0, 0.05) is 12.2 Å². The summed E-state index contributed by atoms with van der Waals surface area (Å²) in [7, 11) is 1.55. The maximum absolute atomic E-state index is 14.1. The van der Waals surface area contributed by atoms with Gasteiger partial charge in [0.1, 0.15) is 24.2 Å². The highest BCUT2D eigenvalue weighted by Gasteiger charge is 2.41. The third-order valence-corrected chi connectivity index (χ3v) is 7.48. The third kappa shape index (κ3) is 6.04. The van der Waals surface area contributed by atoms with Crippen LogP contribution in [-0.2, 0) is 20.9 Å². The van der Waals surface area contributed by atoms with Crippen LogP contribution < -0.4 is 15.0 Å². The molecule has 0 fully saturated rings. The van der Waals surface area contributed by atoms with Crippen molar-refractivity contribution in [2.75, 3.05) is 23.9 Å². The van der Waals surface area contributed by atoms with E-state index in [1.165, 1.54) is 17.0 Å². The largest absolute Gasteiger partial charge is 0.497 e. The lowest BCUT2D eigenvalue weighted by atomic mass is 9.85. The predicted octanol–water partition coefficient (Wildman–Crippen LogP) is 4.76. The average molecular weight is 556 g/mol. The van der Waals surface area contributed by atoms with Crippen molar-refractivity contribution in [3.63, 3.8) is 0 Å². The van der Waals surface area contributed by atoms with E-state index in [9.17, 15) is 23.6 Å². The van der Waals surface area contributed by atoms with E-state index in [-0.39, 0.29) is 23.9 Å². The van der Waals surface area contributed by atoms with Crippen LogP contribution in [0, 0.1) is 11.7 Å². The number of nitrogens with one attached hydrogen (secondary N) is 1. The van der Waals surface area contributed by atoms with Crippen LogP contribution in [-0.4, -0.2) is 48.1 Å². The van der Waals surface area contributed by atoms with Crippen molar-refractivity contribution >= 4 is 34.9 Å². The molecule has 1 aliphatic heterocycles. The van der Waals surface area contributed by atoms with E-state index in [1.54, 1.807) is 67.8 Å². The first-order chi connectivity index (χ1) is 19.9. The van der Waals surface area contributed by atoms with Crippen LogP contribution in [0.4, 0.5) is 15.8 Å². The highest BCUT2D eigenvalue weighted by Crippen LogP contribution is 2.31. The van der Waals surface area contributed by atoms with Gasteiger partial charge in [-0.05, 0) is 79.3 Å². The van der Waals surface area contributed by atoms with Gasteiger partial charge in [-0.15, -0.1) is 0 Å².